The predicted molar refractivity (Wildman–Crippen MR) is 172 cm³/mol. The van der Waals surface area contributed by atoms with E-state index in [1.54, 1.807) is 36.4 Å². The molecule has 0 aromatic heterocycles. The molecule has 0 amide bonds. The molecule has 2 aliphatic heterocycles. The van der Waals surface area contributed by atoms with Crippen LogP contribution in [0.2, 0.25) is 0 Å². The lowest BCUT2D eigenvalue weighted by atomic mass is 9.76. The van der Waals surface area contributed by atoms with Gasteiger partial charge in [0, 0.05) is 47.7 Å². The zero-order chi connectivity index (χ0) is 31.7. The molecule has 6 heteroatoms. The molecule has 42 heavy (non-hydrogen) atoms. The monoisotopic (exact) mass is 574 g/mol. The van der Waals surface area contributed by atoms with Crippen molar-refractivity contribution in [1.29, 1.82) is 0 Å². The first-order valence-electron chi connectivity index (χ1n) is 14.9. The molecule has 0 N–H and O–H groups in total. The normalized spacial score (nSPS) is 19.1. The molecule has 0 saturated carbocycles. The first kappa shape index (κ1) is 33.1. The van der Waals surface area contributed by atoms with Gasteiger partial charge in [0.25, 0.3) is 0 Å². The number of hydrogen-bond donors (Lipinski definition) is 0. The molecule has 0 radical (unpaired) electrons. The highest BCUT2D eigenvalue weighted by atomic mass is 16.5. The third-order valence-corrected chi connectivity index (χ3v) is 8.56. The number of allylic oxidation sites excluding steroid dienone is 4. The number of methoxy groups -OCH3 is 1. The van der Waals surface area contributed by atoms with Crippen molar-refractivity contribution in [2.24, 2.45) is 10.8 Å². The van der Waals surface area contributed by atoms with Gasteiger partial charge in [0.1, 0.15) is 0 Å². The third kappa shape index (κ3) is 7.70. The van der Waals surface area contributed by atoms with Crippen molar-refractivity contribution in [2.45, 2.75) is 93.2 Å². The summed E-state index contributed by atoms with van der Waals surface area (Å²) in [5.41, 5.74) is 2.52. The highest BCUT2D eigenvalue weighted by molar-refractivity contribution is 6.08. The lowest BCUT2D eigenvalue weighted by Gasteiger charge is -2.43. The molecule has 1 aromatic carbocycles. The second kappa shape index (κ2) is 12.1. The summed E-state index contributed by atoms with van der Waals surface area (Å²) in [7, 11) is 1.34. The summed E-state index contributed by atoms with van der Waals surface area (Å²) >= 11 is 0. The lowest BCUT2D eigenvalue weighted by Crippen LogP contribution is -2.44. The zero-order valence-electron chi connectivity index (χ0n) is 27.6. The molecule has 0 unspecified atom stereocenters. The van der Waals surface area contributed by atoms with Crippen molar-refractivity contribution < 1.29 is 19.1 Å². The molecule has 0 spiro atoms. The Bertz CT molecular complexity index is 1340. The van der Waals surface area contributed by atoms with Gasteiger partial charge < -0.3 is 14.5 Å². The van der Waals surface area contributed by atoms with Gasteiger partial charge in [-0.25, -0.2) is 4.79 Å². The van der Waals surface area contributed by atoms with Crippen molar-refractivity contribution in [2.75, 3.05) is 20.2 Å². The number of carbonyl (C=O) groups excluding carboxylic acids is 3. The standard InChI is InChI=1S/C36H50N2O4/c1-33(2,3)37-20-18-35(7,8)28(23-37)30(39)16-13-25-12-14-26(27(22-25)32(41)42-11)15-17-31(40)29-24-38(34(4,5)6)21-19-36(29,9)10/h12-17,22-24H,18-21H2,1-11H3/b16-13+,17-15+. The average molecular weight is 575 g/mol. The molecule has 3 rings (SSSR count). The van der Waals surface area contributed by atoms with E-state index >= 15 is 0 Å². The van der Waals surface area contributed by atoms with Crippen LogP contribution in [0.3, 0.4) is 0 Å². The van der Waals surface area contributed by atoms with Gasteiger partial charge in [-0.15, -0.1) is 0 Å². The highest BCUT2D eigenvalue weighted by Gasteiger charge is 2.36. The first-order valence-corrected chi connectivity index (χ1v) is 14.9. The van der Waals surface area contributed by atoms with Crippen LogP contribution >= 0.6 is 0 Å². The van der Waals surface area contributed by atoms with Crippen LogP contribution < -0.4 is 0 Å². The number of esters is 1. The highest BCUT2D eigenvalue weighted by Crippen LogP contribution is 2.38. The largest absolute Gasteiger partial charge is 0.465 e. The molecule has 0 saturated heterocycles. The van der Waals surface area contributed by atoms with Crippen LogP contribution in [-0.4, -0.2) is 58.6 Å². The van der Waals surface area contributed by atoms with Gasteiger partial charge in [0.2, 0.25) is 0 Å². The van der Waals surface area contributed by atoms with E-state index in [0.717, 1.165) is 37.1 Å². The van der Waals surface area contributed by atoms with Crippen LogP contribution in [0.25, 0.3) is 12.2 Å². The third-order valence-electron chi connectivity index (χ3n) is 8.56. The maximum absolute atomic E-state index is 13.4. The molecular formula is C36H50N2O4. The SMILES string of the molecule is COC(=O)c1cc(/C=C/C(=O)C2=CN(C(C)(C)C)CCC2(C)C)ccc1/C=C/C(=O)C1=CN(C(C)(C)C)CCC1(C)C. The Hall–Kier alpha value is -3.41. The van der Waals surface area contributed by atoms with Gasteiger partial charge in [-0.3, -0.25) is 9.59 Å². The minimum atomic E-state index is -0.503. The van der Waals surface area contributed by atoms with E-state index in [9.17, 15) is 14.4 Å². The second-order valence-electron chi connectivity index (χ2n) is 14.8. The Morgan fingerprint density at radius 2 is 1.21 bits per heavy atom. The van der Waals surface area contributed by atoms with Gasteiger partial charge in [0.15, 0.2) is 11.6 Å². The Morgan fingerprint density at radius 3 is 1.64 bits per heavy atom. The molecule has 0 atom stereocenters. The van der Waals surface area contributed by atoms with Gasteiger partial charge in [0.05, 0.1) is 12.7 Å². The Morgan fingerprint density at radius 1 is 0.762 bits per heavy atom. The summed E-state index contributed by atoms with van der Waals surface area (Å²) in [4.78, 5) is 43.9. The number of hydrogen-bond acceptors (Lipinski definition) is 6. The predicted octanol–water partition coefficient (Wildman–Crippen LogP) is 7.47. The fourth-order valence-corrected chi connectivity index (χ4v) is 5.34. The van der Waals surface area contributed by atoms with Crippen LogP contribution in [0.1, 0.15) is 104 Å². The number of rotatable bonds is 7. The number of nitrogens with zero attached hydrogens (tertiary/aromatic N) is 2. The van der Waals surface area contributed by atoms with Crippen LogP contribution in [0.4, 0.5) is 0 Å². The second-order valence-corrected chi connectivity index (χ2v) is 14.8. The molecule has 6 nitrogen and oxygen atoms in total. The Balaban J connectivity index is 1.89. The van der Waals surface area contributed by atoms with Crippen molar-refractivity contribution in [3.63, 3.8) is 0 Å². The maximum atomic E-state index is 13.4. The summed E-state index contributed by atoms with van der Waals surface area (Å²) in [5.74, 6) is -0.625. The van der Waals surface area contributed by atoms with E-state index in [-0.39, 0.29) is 33.5 Å². The maximum Gasteiger partial charge on any atom is 0.338 e. The zero-order valence-corrected chi connectivity index (χ0v) is 27.6. The molecule has 0 fully saturated rings. The quantitative estimate of drug-likeness (QED) is 0.249. The Labute approximate surface area is 253 Å². The summed E-state index contributed by atoms with van der Waals surface area (Å²) < 4.78 is 5.05. The van der Waals surface area contributed by atoms with E-state index in [1.165, 1.54) is 7.11 Å². The summed E-state index contributed by atoms with van der Waals surface area (Å²) in [6.45, 7) is 23.0. The van der Waals surface area contributed by atoms with Gasteiger partial charge >= 0.3 is 5.97 Å². The van der Waals surface area contributed by atoms with Crippen molar-refractivity contribution >= 4 is 29.7 Å². The number of ketones is 2. The molecule has 0 aliphatic carbocycles. The average Bonchev–Trinajstić information content (AvgIpc) is 2.88. The minimum Gasteiger partial charge on any atom is -0.465 e. The fourth-order valence-electron chi connectivity index (χ4n) is 5.34. The van der Waals surface area contributed by atoms with Gasteiger partial charge in [-0.05, 0) is 94.6 Å². The van der Waals surface area contributed by atoms with Crippen LogP contribution in [0.5, 0.6) is 0 Å². The lowest BCUT2D eigenvalue weighted by molar-refractivity contribution is -0.113. The summed E-state index contributed by atoms with van der Waals surface area (Å²) in [6, 6.07) is 5.33. The smallest absolute Gasteiger partial charge is 0.338 e. The molecule has 228 valence electrons. The van der Waals surface area contributed by atoms with Crippen molar-refractivity contribution in [3.8, 4) is 0 Å². The molecule has 1 aromatic rings. The van der Waals surface area contributed by atoms with E-state index in [2.05, 4.69) is 79.0 Å². The topological polar surface area (TPSA) is 66.9 Å². The Kier molecular flexibility index (Phi) is 9.51. The van der Waals surface area contributed by atoms with E-state index in [0.29, 0.717) is 16.7 Å². The fraction of sp³-hybridized carbons (Fsp3) is 0.528. The summed E-state index contributed by atoms with van der Waals surface area (Å²) in [5, 5.41) is 0. The van der Waals surface area contributed by atoms with Crippen LogP contribution in [0.15, 0.2) is 53.9 Å². The van der Waals surface area contributed by atoms with Crippen LogP contribution in [0, 0.1) is 10.8 Å². The van der Waals surface area contributed by atoms with E-state index in [4.69, 9.17) is 4.74 Å². The molecular weight excluding hydrogens is 524 g/mol. The first-order chi connectivity index (χ1) is 19.3. The van der Waals surface area contributed by atoms with Crippen molar-refractivity contribution in [1.82, 2.24) is 9.80 Å². The van der Waals surface area contributed by atoms with Crippen molar-refractivity contribution in [3.05, 3.63) is 70.6 Å². The number of ether oxygens (including phenoxy) is 1. The molecule has 2 heterocycles. The summed E-state index contributed by atoms with van der Waals surface area (Å²) in [6.07, 6.45) is 12.3. The van der Waals surface area contributed by atoms with Crippen LogP contribution in [-0.2, 0) is 14.3 Å². The molecule has 0 bridgehead atoms. The molecule has 2 aliphatic rings. The minimum absolute atomic E-state index is 0.0455. The number of benzene rings is 1. The van der Waals surface area contributed by atoms with E-state index < -0.39 is 5.97 Å². The number of carbonyl (C=O) groups is 3. The van der Waals surface area contributed by atoms with E-state index in [1.807, 2.05) is 18.5 Å². The van der Waals surface area contributed by atoms with Gasteiger partial charge in [-0.1, -0.05) is 52.0 Å². The van der Waals surface area contributed by atoms with Gasteiger partial charge in [-0.2, -0.15) is 0 Å².